The van der Waals surface area contributed by atoms with E-state index in [1.165, 1.54) is 18.3 Å². The van der Waals surface area contributed by atoms with Gasteiger partial charge < -0.3 is 10.9 Å². The molecule has 0 spiro atoms. The Morgan fingerprint density at radius 1 is 1.29 bits per heavy atom. The molecule has 0 bridgehead atoms. The predicted octanol–water partition coefficient (Wildman–Crippen LogP) is 1.85. The molecule has 3 rings (SSSR count). The number of nitrogens with two attached hydrogens (primary N) is 1. The molecule has 3 N–H and O–H groups in total. The summed E-state index contributed by atoms with van der Waals surface area (Å²) in [6.45, 7) is 0. The Bertz CT molecular complexity index is 827. The number of pyridine rings is 1. The molecule has 6 nitrogen and oxygen atoms in total. The molecule has 2 heterocycles. The smallest absolute Gasteiger partial charge is 0.175 e. The monoisotopic (exact) mass is 285 g/mol. The minimum absolute atomic E-state index is 0.0112. The van der Waals surface area contributed by atoms with Gasteiger partial charge in [0.25, 0.3) is 0 Å². The lowest BCUT2D eigenvalue weighted by atomic mass is 10.3. The summed E-state index contributed by atoms with van der Waals surface area (Å²) in [4.78, 5) is 8.47. The van der Waals surface area contributed by atoms with Crippen LogP contribution in [-0.2, 0) is 6.42 Å². The second-order valence-corrected chi connectivity index (χ2v) is 4.43. The highest BCUT2D eigenvalue weighted by Gasteiger charge is 2.16. The maximum absolute atomic E-state index is 14.1. The van der Waals surface area contributed by atoms with Crippen molar-refractivity contribution in [1.29, 1.82) is 0 Å². The van der Waals surface area contributed by atoms with E-state index in [0.717, 1.165) is 0 Å². The van der Waals surface area contributed by atoms with Crippen LogP contribution < -0.4 is 5.73 Å². The Labute approximate surface area is 119 Å². The molecular formula is C14H12FN5O. The van der Waals surface area contributed by atoms with Crippen LogP contribution in [-0.4, -0.2) is 25.6 Å². The van der Waals surface area contributed by atoms with Crippen molar-refractivity contribution in [3.63, 3.8) is 0 Å². The molecule has 0 fully saturated rings. The molecule has 0 aliphatic heterocycles. The first-order valence-electron chi connectivity index (χ1n) is 6.24. The van der Waals surface area contributed by atoms with Crippen LogP contribution in [0.4, 0.5) is 4.39 Å². The standard InChI is InChI=1S/C14H12FN5O/c15-9-4-3-7-17-14(9)20-11-6-2-1-5-10(11)18-13(20)8-12(16)19-21/h1-7,21H,8H2,(H2,16,19). The van der Waals surface area contributed by atoms with Gasteiger partial charge in [-0.1, -0.05) is 17.3 Å². The number of benzene rings is 1. The number of nitrogens with zero attached hydrogens (tertiary/aromatic N) is 4. The highest BCUT2D eigenvalue weighted by atomic mass is 19.1. The summed E-state index contributed by atoms with van der Waals surface area (Å²) in [5, 5.41) is 11.7. The van der Waals surface area contributed by atoms with Crippen LogP contribution in [0, 0.1) is 5.82 Å². The largest absolute Gasteiger partial charge is 0.409 e. The zero-order valence-corrected chi connectivity index (χ0v) is 10.9. The third kappa shape index (κ3) is 2.29. The highest BCUT2D eigenvalue weighted by Crippen LogP contribution is 2.22. The van der Waals surface area contributed by atoms with Crippen LogP contribution in [0.3, 0.4) is 0 Å². The van der Waals surface area contributed by atoms with Gasteiger partial charge in [0.2, 0.25) is 0 Å². The van der Waals surface area contributed by atoms with Crippen molar-refractivity contribution in [3.8, 4) is 5.82 Å². The van der Waals surface area contributed by atoms with E-state index >= 15 is 0 Å². The highest BCUT2D eigenvalue weighted by molar-refractivity contribution is 5.84. The van der Waals surface area contributed by atoms with Crippen LogP contribution in [0.5, 0.6) is 0 Å². The number of aromatic nitrogens is 3. The Morgan fingerprint density at radius 3 is 2.86 bits per heavy atom. The molecular weight excluding hydrogens is 273 g/mol. The van der Waals surface area contributed by atoms with Crippen LogP contribution in [0.15, 0.2) is 47.8 Å². The molecule has 0 radical (unpaired) electrons. The summed E-state index contributed by atoms with van der Waals surface area (Å²) in [5.74, 6) is 0.0975. The summed E-state index contributed by atoms with van der Waals surface area (Å²) in [5.41, 5.74) is 6.93. The first-order valence-corrected chi connectivity index (χ1v) is 6.24. The van der Waals surface area contributed by atoms with Gasteiger partial charge in [-0.05, 0) is 24.3 Å². The fourth-order valence-corrected chi connectivity index (χ4v) is 2.17. The van der Waals surface area contributed by atoms with Crippen molar-refractivity contribution in [3.05, 3.63) is 54.2 Å². The Balaban J connectivity index is 2.28. The number of hydrogen-bond donors (Lipinski definition) is 2. The minimum atomic E-state index is -0.471. The average molecular weight is 285 g/mol. The van der Waals surface area contributed by atoms with Gasteiger partial charge in [0, 0.05) is 6.20 Å². The summed E-state index contributed by atoms with van der Waals surface area (Å²) in [7, 11) is 0. The molecule has 1 aromatic carbocycles. The topological polar surface area (TPSA) is 89.3 Å². The summed E-state index contributed by atoms with van der Waals surface area (Å²) in [6, 6.07) is 10.1. The lowest BCUT2D eigenvalue weighted by molar-refractivity contribution is 0.317. The number of hydrogen-bond acceptors (Lipinski definition) is 4. The van der Waals surface area contributed by atoms with Gasteiger partial charge in [-0.3, -0.25) is 4.57 Å². The molecule has 0 saturated heterocycles. The molecule has 0 aliphatic rings. The van der Waals surface area contributed by atoms with Gasteiger partial charge >= 0.3 is 0 Å². The molecule has 0 amide bonds. The van der Waals surface area contributed by atoms with Crippen molar-refractivity contribution in [2.75, 3.05) is 0 Å². The van der Waals surface area contributed by atoms with Crippen molar-refractivity contribution in [2.24, 2.45) is 10.9 Å². The molecule has 106 valence electrons. The summed E-state index contributed by atoms with van der Waals surface area (Å²) >= 11 is 0. The Morgan fingerprint density at radius 2 is 2.10 bits per heavy atom. The first-order chi connectivity index (χ1) is 10.2. The summed E-state index contributed by atoms with van der Waals surface area (Å²) in [6.07, 6.45) is 1.58. The van der Waals surface area contributed by atoms with E-state index in [0.29, 0.717) is 16.9 Å². The normalized spacial score (nSPS) is 12.0. The SMILES string of the molecule is N/C(Cc1nc2ccccc2n1-c1ncccc1F)=N/O. The fraction of sp³-hybridized carbons (Fsp3) is 0.0714. The number of oxime groups is 1. The predicted molar refractivity (Wildman–Crippen MR) is 75.9 cm³/mol. The maximum atomic E-state index is 14.1. The quantitative estimate of drug-likeness (QED) is 0.332. The van der Waals surface area contributed by atoms with Gasteiger partial charge in [0.15, 0.2) is 11.6 Å². The van der Waals surface area contributed by atoms with E-state index < -0.39 is 5.82 Å². The van der Waals surface area contributed by atoms with Gasteiger partial charge in [-0.2, -0.15) is 0 Å². The van der Waals surface area contributed by atoms with E-state index in [1.54, 1.807) is 4.57 Å². The van der Waals surface area contributed by atoms with Crippen molar-refractivity contribution in [2.45, 2.75) is 6.42 Å². The molecule has 0 saturated carbocycles. The summed E-state index contributed by atoms with van der Waals surface area (Å²) < 4.78 is 15.6. The van der Waals surface area contributed by atoms with Crippen LogP contribution in [0.1, 0.15) is 5.82 Å². The number of amidine groups is 1. The molecule has 3 aromatic rings. The van der Waals surface area contributed by atoms with Gasteiger partial charge in [0.05, 0.1) is 17.5 Å². The lowest BCUT2D eigenvalue weighted by Gasteiger charge is -2.08. The second kappa shape index (κ2) is 5.20. The van der Waals surface area contributed by atoms with Crippen LogP contribution >= 0.6 is 0 Å². The van der Waals surface area contributed by atoms with Gasteiger partial charge in [-0.25, -0.2) is 14.4 Å². The third-order valence-corrected chi connectivity index (χ3v) is 3.05. The molecule has 7 heteroatoms. The maximum Gasteiger partial charge on any atom is 0.175 e. The van der Waals surface area contributed by atoms with Crippen molar-refractivity contribution in [1.82, 2.24) is 14.5 Å². The van der Waals surface area contributed by atoms with Crippen LogP contribution in [0.2, 0.25) is 0 Å². The molecule has 0 unspecified atom stereocenters. The second-order valence-electron chi connectivity index (χ2n) is 4.43. The molecule has 21 heavy (non-hydrogen) atoms. The third-order valence-electron chi connectivity index (χ3n) is 3.05. The van der Waals surface area contributed by atoms with E-state index in [1.807, 2.05) is 24.3 Å². The van der Waals surface area contributed by atoms with Gasteiger partial charge in [-0.15, -0.1) is 0 Å². The van der Waals surface area contributed by atoms with E-state index in [4.69, 9.17) is 10.9 Å². The van der Waals surface area contributed by atoms with E-state index in [2.05, 4.69) is 15.1 Å². The van der Waals surface area contributed by atoms with E-state index in [-0.39, 0.29) is 18.1 Å². The molecule has 0 atom stereocenters. The number of rotatable bonds is 3. The molecule has 2 aromatic heterocycles. The van der Waals surface area contributed by atoms with Crippen molar-refractivity contribution >= 4 is 16.9 Å². The van der Waals surface area contributed by atoms with E-state index in [9.17, 15) is 4.39 Å². The Kier molecular flexibility index (Phi) is 3.23. The lowest BCUT2D eigenvalue weighted by Crippen LogP contribution is -2.18. The minimum Gasteiger partial charge on any atom is -0.409 e. The number of imidazole rings is 1. The molecule has 0 aliphatic carbocycles. The van der Waals surface area contributed by atoms with Crippen LogP contribution in [0.25, 0.3) is 16.9 Å². The number of halogens is 1. The number of fused-ring (bicyclic) bond motifs is 1. The first kappa shape index (κ1) is 13.0. The van der Waals surface area contributed by atoms with Gasteiger partial charge in [0.1, 0.15) is 11.7 Å². The Hall–Kier alpha value is -2.96. The number of para-hydroxylation sites is 2. The zero-order valence-electron chi connectivity index (χ0n) is 10.9. The fourth-order valence-electron chi connectivity index (χ4n) is 2.17. The van der Waals surface area contributed by atoms with Crippen molar-refractivity contribution < 1.29 is 9.60 Å². The zero-order chi connectivity index (χ0) is 14.8. The average Bonchev–Trinajstić information content (AvgIpc) is 2.85.